The molecule has 2 rings (SSSR count). The molecule has 0 aliphatic carbocycles. The summed E-state index contributed by atoms with van der Waals surface area (Å²) >= 11 is 2.20. The van der Waals surface area contributed by atoms with Gasteiger partial charge >= 0.3 is 5.97 Å². The average Bonchev–Trinajstić information content (AvgIpc) is 2.48. The fourth-order valence-electron chi connectivity index (χ4n) is 1.65. The van der Waals surface area contributed by atoms with Gasteiger partial charge in [-0.05, 0) is 65.4 Å². The van der Waals surface area contributed by atoms with Crippen molar-refractivity contribution in [3.8, 4) is 0 Å². The summed E-state index contributed by atoms with van der Waals surface area (Å²) in [7, 11) is 0. The Kier molecular flexibility index (Phi) is 5.26. The smallest absolute Gasteiger partial charge is 0.340 e. The molecule has 0 aliphatic heterocycles. The normalized spacial score (nSPS) is 10.0. The van der Waals surface area contributed by atoms with Gasteiger partial charge in [-0.15, -0.1) is 0 Å². The lowest BCUT2D eigenvalue weighted by Crippen LogP contribution is -2.21. The summed E-state index contributed by atoms with van der Waals surface area (Å²) in [6, 6.07) is 8.88. The van der Waals surface area contributed by atoms with Gasteiger partial charge in [0.2, 0.25) is 0 Å². The van der Waals surface area contributed by atoms with Crippen molar-refractivity contribution in [1.82, 2.24) is 4.98 Å². The molecule has 21 heavy (non-hydrogen) atoms. The minimum atomic E-state index is -0.572. The molecule has 0 unspecified atom stereocenters. The highest BCUT2D eigenvalue weighted by atomic mass is 127. The molecule has 0 saturated heterocycles. The summed E-state index contributed by atoms with van der Waals surface area (Å²) in [6.07, 6.45) is 2.95. The van der Waals surface area contributed by atoms with Crippen molar-refractivity contribution in [3.63, 3.8) is 0 Å². The third kappa shape index (κ3) is 4.52. The number of hydrogen-bond donors (Lipinski definition) is 1. The highest BCUT2D eigenvalue weighted by molar-refractivity contribution is 14.1. The summed E-state index contributed by atoms with van der Waals surface area (Å²) in [4.78, 5) is 27.3. The molecule has 0 spiro atoms. The zero-order chi connectivity index (χ0) is 15.2. The number of rotatable bonds is 4. The number of halogens is 1. The monoisotopic (exact) mass is 396 g/mol. The van der Waals surface area contributed by atoms with Crippen molar-refractivity contribution in [2.45, 2.75) is 6.92 Å². The van der Waals surface area contributed by atoms with Gasteiger partial charge in [0, 0.05) is 21.7 Å². The van der Waals surface area contributed by atoms with E-state index in [2.05, 4.69) is 32.9 Å². The zero-order valence-corrected chi connectivity index (χ0v) is 13.5. The Bertz CT molecular complexity index is 659. The highest BCUT2D eigenvalue weighted by Gasteiger charge is 2.11. The Morgan fingerprint density at radius 3 is 2.81 bits per heavy atom. The van der Waals surface area contributed by atoms with Crippen LogP contribution in [0.5, 0.6) is 0 Å². The molecule has 0 radical (unpaired) electrons. The standard InChI is InChI=1S/C15H13IN2O3/c1-10-7-12(16)4-5-13(10)18-14(19)9-21-15(20)11-3-2-6-17-8-11/h2-8H,9H2,1H3,(H,18,19). The number of hydrogen-bond acceptors (Lipinski definition) is 4. The van der Waals surface area contributed by atoms with Gasteiger partial charge in [0.15, 0.2) is 6.61 Å². The Hall–Kier alpha value is -1.96. The number of carbonyl (C=O) groups is 2. The number of aryl methyl sites for hydroxylation is 1. The van der Waals surface area contributed by atoms with Gasteiger partial charge in [-0.3, -0.25) is 9.78 Å². The largest absolute Gasteiger partial charge is 0.452 e. The maximum atomic E-state index is 11.8. The molecular formula is C15H13IN2O3. The first kappa shape index (κ1) is 15.4. The first-order valence-corrected chi connectivity index (χ1v) is 7.27. The van der Waals surface area contributed by atoms with E-state index in [-0.39, 0.29) is 12.5 Å². The second kappa shape index (κ2) is 7.16. The molecule has 0 bridgehead atoms. The van der Waals surface area contributed by atoms with E-state index in [0.29, 0.717) is 11.3 Å². The van der Waals surface area contributed by atoms with Crippen LogP contribution in [0.4, 0.5) is 5.69 Å². The first-order valence-electron chi connectivity index (χ1n) is 6.19. The predicted octanol–water partition coefficient (Wildman–Crippen LogP) is 2.79. The Balaban J connectivity index is 1.89. The lowest BCUT2D eigenvalue weighted by Gasteiger charge is -2.09. The van der Waals surface area contributed by atoms with Gasteiger partial charge in [-0.1, -0.05) is 0 Å². The van der Waals surface area contributed by atoms with Gasteiger partial charge in [-0.25, -0.2) is 4.79 Å². The molecule has 1 aromatic carbocycles. The topological polar surface area (TPSA) is 68.3 Å². The molecule has 1 amide bonds. The molecule has 0 atom stereocenters. The number of esters is 1. The molecular weight excluding hydrogens is 383 g/mol. The lowest BCUT2D eigenvalue weighted by atomic mass is 10.2. The minimum Gasteiger partial charge on any atom is -0.452 e. The van der Waals surface area contributed by atoms with Crippen LogP contribution in [0.15, 0.2) is 42.7 Å². The van der Waals surface area contributed by atoms with Crippen molar-refractivity contribution in [3.05, 3.63) is 57.4 Å². The molecule has 1 N–H and O–H groups in total. The summed E-state index contributed by atoms with van der Waals surface area (Å²) in [5.74, 6) is -0.950. The van der Waals surface area contributed by atoms with Gasteiger partial charge in [0.05, 0.1) is 5.56 Å². The van der Waals surface area contributed by atoms with E-state index in [1.807, 2.05) is 25.1 Å². The highest BCUT2D eigenvalue weighted by Crippen LogP contribution is 2.17. The van der Waals surface area contributed by atoms with E-state index in [9.17, 15) is 9.59 Å². The molecule has 108 valence electrons. The number of benzene rings is 1. The van der Waals surface area contributed by atoms with Crippen molar-refractivity contribution in [2.75, 3.05) is 11.9 Å². The summed E-state index contributed by atoms with van der Waals surface area (Å²) in [5, 5.41) is 2.71. The number of nitrogens with zero attached hydrogens (tertiary/aromatic N) is 1. The van der Waals surface area contributed by atoms with E-state index in [1.54, 1.807) is 18.3 Å². The molecule has 2 aromatic rings. The number of aromatic nitrogens is 1. The van der Waals surface area contributed by atoms with Gasteiger partial charge < -0.3 is 10.1 Å². The third-order valence-electron chi connectivity index (χ3n) is 2.69. The van der Waals surface area contributed by atoms with E-state index in [4.69, 9.17) is 4.74 Å². The van der Waals surface area contributed by atoms with E-state index in [1.165, 1.54) is 6.20 Å². The molecule has 0 fully saturated rings. The van der Waals surface area contributed by atoms with Gasteiger partial charge in [0.25, 0.3) is 5.91 Å². The lowest BCUT2D eigenvalue weighted by molar-refractivity contribution is -0.119. The summed E-state index contributed by atoms with van der Waals surface area (Å²) < 4.78 is 6.02. The maximum Gasteiger partial charge on any atom is 0.340 e. The first-order chi connectivity index (χ1) is 10.1. The second-order valence-corrected chi connectivity index (χ2v) is 5.57. The van der Waals surface area contributed by atoms with Crippen LogP contribution in [-0.2, 0) is 9.53 Å². The van der Waals surface area contributed by atoms with Crippen molar-refractivity contribution < 1.29 is 14.3 Å². The van der Waals surface area contributed by atoms with E-state index >= 15 is 0 Å². The average molecular weight is 396 g/mol. The van der Waals surface area contributed by atoms with E-state index < -0.39 is 5.97 Å². The fourth-order valence-corrected chi connectivity index (χ4v) is 2.30. The molecule has 1 heterocycles. The number of nitrogens with one attached hydrogen (secondary N) is 1. The minimum absolute atomic E-state index is 0.316. The number of ether oxygens (including phenoxy) is 1. The van der Waals surface area contributed by atoms with Crippen LogP contribution in [0.25, 0.3) is 0 Å². The van der Waals surface area contributed by atoms with Crippen molar-refractivity contribution in [2.24, 2.45) is 0 Å². The summed E-state index contributed by atoms with van der Waals surface area (Å²) in [6.45, 7) is 1.57. The fraction of sp³-hybridized carbons (Fsp3) is 0.133. The van der Waals surface area contributed by atoms with Crippen molar-refractivity contribution in [1.29, 1.82) is 0 Å². The molecule has 5 nitrogen and oxygen atoms in total. The number of anilines is 1. The SMILES string of the molecule is Cc1cc(I)ccc1NC(=O)COC(=O)c1cccnc1. The predicted molar refractivity (Wildman–Crippen MR) is 87.0 cm³/mol. The Labute approximate surface area is 135 Å². The summed E-state index contributed by atoms with van der Waals surface area (Å²) in [5.41, 5.74) is 1.97. The van der Waals surface area contributed by atoms with Crippen LogP contribution in [0.1, 0.15) is 15.9 Å². The van der Waals surface area contributed by atoms with Gasteiger partial charge in [0.1, 0.15) is 0 Å². The van der Waals surface area contributed by atoms with Crippen molar-refractivity contribution >= 4 is 40.2 Å². The van der Waals surface area contributed by atoms with Crippen LogP contribution in [0, 0.1) is 10.5 Å². The van der Waals surface area contributed by atoms with Crippen LogP contribution in [0.3, 0.4) is 0 Å². The number of pyridine rings is 1. The molecule has 0 saturated carbocycles. The molecule has 0 aliphatic rings. The van der Waals surface area contributed by atoms with Crippen LogP contribution in [-0.4, -0.2) is 23.5 Å². The Morgan fingerprint density at radius 2 is 2.14 bits per heavy atom. The second-order valence-electron chi connectivity index (χ2n) is 4.33. The quantitative estimate of drug-likeness (QED) is 0.638. The zero-order valence-electron chi connectivity index (χ0n) is 11.3. The maximum absolute atomic E-state index is 11.8. The Morgan fingerprint density at radius 1 is 1.33 bits per heavy atom. The van der Waals surface area contributed by atoms with E-state index in [0.717, 1.165) is 9.13 Å². The third-order valence-corrected chi connectivity index (χ3v) is 3.37. The molecule has 6 heteroatoms. The molecule has 1 aromatic heterocycles. The number of carbonyl (C=O) groups excluding carboxylic acids is 2. The van der Waals surface area contributed by atoms with Crippen LogP contribution >= 0.6 is 22.6 Å². The van der Waals surface area contributed by atoms with Gasteiger partial charge in [-0.2, -0.15) is 0 Å². The van der Waals surface area contributed by atoms with Crippen LogP contribution < -0.4 is 5.32 Å². The van der Waals surface area contributed by atoms with Crippen LogP contribution in [0.2, 0.25) is 0 Å². The number of amides is 1.